The van der Waals surface area contributed by atoms with Gasteiger partial charge in [0, 0.05) is 18.0 Å². The highest BCUT2D eigenvalue weighted by Crippen LogP contribution is 2.26. The number of nitrogens with zero attached hydrogens (tertiary/aromatic N) is 2. The molecule has 3 aromatic rings. The zero-order valence-electron chi connectivity index (χ0n) is 18.1. The first-order valence-corrected chi connectivity index (χ1v) is 10.7. The van der Waals surface area contributed by atoms with Crippen LogP contribution in [0.2, 0.25) is 0 Å². The predicted octanol–water partition coefficient (Wildman–Crippen LogP) is 2.50. The summed E-state index contributed by atoms with van der Waals surface area (Å²) in [6.45, 7) is 1.97. The third-order valence-corrected chi connectivity index (χ3v) is 5.54. The Morgan fingerprint density at radius 3 is 2.61 bits per heavy atom. The summed E-state index contributed by atoms with van der Waals surface area (Å²) in [7, 11) is 0. The topological polar surface area (TPSA) is 99.8 Å². The van der Waals surface area contributed by atoms with Crippen LogP contribution < -0.4 is 5.32 Å². The number of benzene rings is 2. The van der Waals surface area contributed by atoms with Gasteiger partial charge >= 0.3 is 0 Å². The van der Waals surface area contributed by atoms with E-state index in [0.29, 0.717) is 23.7 Å². The molecule has 0 bridgehead atoms. The lowest BCUT2D eigenvalue weighted by molar-refractivity contribution is 0.125. The number of aliphatic hydroxyl groups is 3. The zero-order valence-corrected chi connectivity index (χ0v) is 18.1. The standard InChI is InChI=1S/C25H26FN3O4/c1-16(31)25-27-10-11-29(25)20(13-30)8-4-17-2-5-18(6-3-17)19-7-9-22(21(26)12-19)28-23-14-33-15-24(23)32/h2-3,5-7,9-12,16,20,23-24,28,30-32H,13-15H2,1H3/t16-,20-,23-,24-/m0/s1. The molecule has 1 saturated heterocycles. The van der Waals surface area contributed by atoms with E-state index in [1.165, 1.54) is 6.07 Å². The van der Waals surface area contributed by atoms with Gasteiger partial charge in [0.15, 0.2) is 0 Å². The van der Waals surface area contributed by atoms with Crippen LogP contribution in [0.15, 0.2) is 54.9 Å². The van der Waals surface area contributed by atoms with Crippen molar-refractivity contribution in [3.8, 4) is 23.0 Å². The molecule has 4 rings (SSSR count). The van der Waals surface area contributed by atoms with Crippen molar-refractivity contribution in [3.63, 3.8) is 0 Å². The van der Waals surface area contributed by atoms with Crippen molar-refractivity contribution >= 4 is 5.69 Å². The van der Waals surface area contributed by atoms with Crippen LogP contribution >= 0.6 is 0 Å². The molecule has 1 aliphatic heterocycles. The fourth-order valence-corrected chi connectivity index (χ4v) is 3.72. The summed E-state index contributed by atoms with van der Waals surface area (Å²) in [5.41, 5.74) is 2.61. The maximum atomic E-state index is 14.6. The van der Waals surface area contributed by atoms with E-state index in [1.807, 2.05) is 30.3 Å². The minimum Gasteiger partial charge on any atom is -0.393 e. The summed E-state index contributed by atoms with van der Waals surface area (Å²) in [6.07, 6.45) is 1.81. The minimum atomic E-state index is -0.770. The molecule has 33 heavy (non-hydrogen) atoms. The molecule has 0 saturated carbocycles. The van der Waals surface area contributed by atoms with Crippen LogP contribution in [0.3, 0.4) is 0 Å². The number of hydrogen-bond donors (Lipinski definition) is 4. The van der Waals surface area contributed by atoms with E-state index in [2.05, 4.69) is 22.1 Å². The molecule has 1 aromatic heterocycles. The molecule has 1 aliphatic rings. The smallest absolute Gasteiger partial charge is 0.146 e. The van der Waals surface area contributed by atoms with Gasteiger partial charge in [0.25, 0.3) is 0 Å². The molecular weight excluding hydrogens is 425 g/mol. The Bertz CT molecular complexity index is 1150. The van der Waals surface area contributed by atoms with E-state index in [4.69, 9.17) is 4.74 Å². The number of nitrogens with one attached hydrogen (secondary N) is 1. The molecule has 0 unspecified atom stereocenters. The van der Waals surface area contributed by atoms with Gasteiger partial charge in [-0.2, -0.15) is 0 Å². The summed E-state index contributed by atoms with van der Waals surface area (Å²) in [5.74, 6) is 6.08. The molecule has 4 atom stereocenters. The molecule has 2 heterocycles. The quantitative estimate of drug-likeness (QED) is 0.430. The number of rotatable bonds is 6. The average molecular weight is 451 g/mol. The second-order valence-electron chi connectivity index (χ2n) is 7.96. The number of halogens is 1. The predicted molar refractivity (Wildman–Crippen MR) is 122 cm³/mol. The SMILES string of the molecule is C[C@H](O)c1nccn1[C@@H](C#Cc1ccc(-c2ccc(N[C@H]3COC[C@@H]3O)c(F)c2)cc1)CO. The number of ether oxygens (including phenoxy) is 1. The van der Waals surface area contributed by atoms with Crippen molar-refractivity contribution in [3.05, 3.63) is 72.1 Å². The van der Waals surface area contributed by atoms with Gasteiger partial charge in [-0.25, -0.2) is 9.37 Å². The maximum absolute atomic E-state index is 14.6. The van der Waals surface area contributed by atoms with E-state index in [-0.39, 0.29) is 19.3 Å². The highest BCUT2D eigenvalue weighted by atomic mass is 19.1. The van der Waals surface area contributed by atoms with Gasteiger partial charge in [-0.1, -0.05) is 30.0 Å². The molecular formula is C25H26FN3O4. The summed E-state index contributed by atoms with van der Waals surface area (Å²) in [4.78, 5) is 4.11. The second-order valence-corrected chi connectivity index (χ2v) is 7.96. The van der Waals surface area contributed by atoms with Crippen molar-refractivity contribution < 1.29 is 24.4 Å². The molecule has 172 valence electrons. The van der Waals surface area contributed by atoms with E-state index < -0.39 is 24.1 Å². The lowest BCUT2D eigenvalue weighted by atomic mass is 10.0. The van der Waals surface area contributed by atoms with Crippen LogP contribution in [0.4, 0.5) is 10.1 Å². The van der Waals surface area contributed by atoms with Crippen molar-refractivity contribution in [1.82, 2.24) is 9.55 Å². The van der Waals surface area contributed by atoms with E-state index in [1.54, 1.807) is 30.0 Å². The zero-order chi connectivity index (χ0) is 23.4. The first kappa shape index (κ1) is 23.0. The van der Waals surface area contributed by atoms with Crippen LogP contribution in [-0.4, -0.2) is 56.8 Å². The molecule has 8 heteroatoms. The first-order chi connectivity index (χ1) is 16.0. The van der Waals surface area contributed by atoms with Gasteiger partial charge in [-0.15, -0.1) is 0 Å². The summed E-state index contributed by atoms with van der Waals surface area (Å²) < 4.78 is 21.5. The molecule has 0 amide bonds. The van der Waals surface area contributed by atoms with Crippen LogP contribution in [0.25, 0.3) is 11.1 Å². The van der Waals surface area contributed by atoms with Crippen LogP contribution in [-0.2, 0) is 4.74 Å². The fraction of sp³-hybridized carbons (Fsp3) is 0.320. The number of imidazole rings is 1. The van der Waals surface area contributed by atoms with Gasteiger partial charge < -0.3 is 29.9 Å². The minimum absolute atomic E-state index is 0.217. The highest BCUT2D eigenvalue weighted by Gasteiger charge is 2.26. The number of anilines is 1. The van der Waals surface area contributed by atoms with E-state index in [0.717, 1.165) is 11.1 Å². The molecule has 2 aromatic carbocycles. The van der Waals surface area contributed by atoms with Crippen LogP contribution in [0.1, 0.15) is 30.5 Å². The van der Waals surface area contributed by atoms with Gasteiger partial charge in [0.2, 0.25) is 0 Å². The Balaban J connectivity index is 1.47. The van der Waals surface area contributed by atoms with Crippen molar-refractivity contribution in [2.45, 2.75) is 31.2 Å². The lowest BCUT2D eigenvalue weighted by Crippen LogP contribution is -2.32. The highest BCUT2D eigenvalue weighted by molar-refractivity contribution is 5.67. The van der Waals surface area contributed by atoms with E-state index >= 15 is 0 Å². The monoisotopic (exact) mass is 451 g/mol. The Morgan fingerprint density at radius 1 is 1.21 bits per heavy atom. The van der Waals surface area contributed by atoms with Crippen LogP contribution in [0.5, 0.6) is 0 Å². The number of aliphatic hydroxyl groups excluding tert-OH is 3. The second kappa shape index (κ2) is 10.1. The van der Waals surface area contributed by atoms with Crippen molar-refractivity contribution in [1.29, 1.82) is 0 Å². The number of hydrogen-bond acceptors (Lipinski definition) is 6. The molecule has 0 radical (unpaired) electrons. The van der Waals surface area contributed by atoms with Gasteiger partial charge in [0.05, 0.1) is 37.7 Å². The summed E-state index contributed by atoms with van der Waals surface area (Å²) in [5, 5.41) is 32.4. The molecule has 4 N–H and O–H groups in total. The molecule has 0 aliphatic carbocycles. The number of aromatic nitrogens is 2. The van der Waals surface area contributed by atoms with Crippen LogP contribution in [0, 0.1) is 17.7 Å². The van der Waals surface area contributed by atoms with Gasteiger partial charge in [0.1, 0.15) is 23.8 Å². The molecule has 7 nitrogen and oxygen atoms in total. The summed E-state index contributed by atoms with van der Waals surface area (Å²) >= 11 is 0. The largest absolute Gasteiger partial charge is 0.393 e. The third-order valence-electron chi connectivity index (χ3n) is 5.54. The van der Waals surface area contributed by atoms with Gasteiger partial charge in [-0.05, 0) is 42.3 Å². The average Bonchev–Trinajstić information content (AvgIpc) is 3.46. The third kappa shape index (κ3) is 5.24. The Hall–Kier alpha value is -3.22. The maximum Gasteiger partial charge on any atom is 0.146 e. The van der Waals surface area contributed by atoms with Crippen molar-refractivity contribution in [2.24, 2.45) is 0 Å². The Labute approximate surface area is 191 Å². The van der Waals surface area contributed by atoms with Gasteiger partial charge in [-0.3, -0.25) is 0 Å². The summed E-state index contributed by atoms with van der Waals surface area (Å²) in [6, 6.07) is 11.4. The fourth-order valence-electron chi connectivity index (χ4n) is 3.72. The molecule has 1 fully saturated rings. The molecule has 0 spiro atoms. The van der Waals surface area contributed by atoms with Crippen molar-refractivity contribution in [2.75, 3.05) is 25.1 Å². The Morgan fingerprint density at radius 2 is 1.97 bits per heavy atom. The first-order valence-electron chi connectivity index (χ1n) is 10.7. The Kier molecular flexibility index (Phi) is 7.06. The normalized spacial score (nSPS) is 19.5. The van der Waals surface area contributed by atoms with E-state index in [9.17, 15) is 19.7 Å². The lowest BCUT2D eigenvalue weighted by Gasteiger charge is -2.17.